The standard InChI is InChI=1S/C25H28N4O2/c30-25(27-20-5-7-21(8-6-20)29-13-15-31-16-14-29)18-28-11-9-19(10-12-28)23-17-26-24-4-2-1-3-22(23)24/h1-9,17,26H,10-16,18H2,(H,27,30). The zero-order valence-electron chi connectivity index (χ0n) is 17.6. The van der Waals surface area contributed by atoms with E-state index in [9.17, 15) is 4.79 Å². The number of hydrogen-bond donors (Lipinski definition) is 2. The van der Waals surface area contributed by atoms with Crippen LogP contribution in [-0.2, 0) is 9.53 Å². The Balaban J connectivity index is 1.15. The molecule has 1 fully saturated rings. The van der Waals surface area contributed by atoms with Crippen molar-refractivity contribution in [3.8, 4) is 0 Å². The molecule has 160 valence electrons. The van der Waals surface area contributed by atoms with Gasteiger partial charge in [-0.1, -0.05) is 24.3 Å². The molecule has 0 atom stereocenters. The first-order chi connectivity index (χ1) is 15.3. The van der Waals surface area contributed by atoms with Gasteiger partial charge in [-0.15, -0.1) is 0 Å². The molecule has 0 radical (unpaired) electrons. The molecule has 1 saturated heterocycles. The van der Waals surface area contributed by atoms with Crippen LogP contribution in [0.4, 0.5) is 11.4 Å². The average molecular weight is 417 g/mol. The Kier molecular flexibility index (Phi) is 5.74. The van der Waals surface area contributed by atoms with Gasteiger partial charge in [0.15, 0.2) is 0 Å². The fourth-order valence-corrected chi connectivity index (χ4v) is 4.42. The lowest BCUT2D eigenvalue weighted by molar-refractivity contribution is -0.117. The number of H-pyrrole nitrogens is 1. The molecule has 1 amide bonds. The summed E-state index contributed by atoms with van der Waals surface area (Å²) in [6, 6.07) is 16.5. The molecule has 6 heteroatoms. The predicted octanol–water partition coefficient (Wildman–Crippen LogP) is 3.73. The topological polar surface area (TPSA) is 60.6 Å². The van der Waals surface area contributed by atoms with Crippen LogP contribution in [-0.4, -0.2) is 61.7 Å². The minimum Gasteiger partial charge on any atom is -0.378 e. The number of rotatable bonds is 5. The molecule has 5 rings (SSSR count). The van der Waals surface area contributed by atoms with Crippen molar-refractivity contribution in [2.24, 2.45) is 0 Å². The van der Waals surface area contributed by atoms with Crippen LogP contribution in [0.5, 0.6) is 0 Å². The van der Waals surface area contributed by atoms with Gasteiger partial charge in [0.25, 0.3) is 0 Å². The van der Waals surface area contributed by atoms with Crippen molar-refractivity contribution in [3.63, 3.8) is 0 Å². The van der Waals surface area contributed by atoms with E-state index >= 15 is 0 Å². The SMILES string of the molecule is O=C(CN1CC=C(c2c[nH]c3ccccc23)CC1)Nc1ccc(N2CCOCC2)cc1. The van der Waals surface area contributed by atoms with Crippen molar-refractivity contribution in [1.29, 1.82) is 0 Å². The van der Waals surface area contributed by atoms with E-state index < -0.39 is 0 Å². The van der Waals surface area contributed by atoms with Gasteiger partial charge in [0.2, 0.25) is 5.91 Å². The first kappa shape index (κ1) is 19.8. The molecule has 0 aliphatic carbocycles. The van der Waals surface area contributed by atoms with Crippen molar-refractivity contribution in [1.82, 2.24) is 9.88 Å². The lowest BCUT2D eigenvalue weighted by atomic mass is 9.99. The number of para-hydroxylation sites is 1. The summed E-state index contributed by atoms with van der Waals surface area (Å²) in [4.78, 5) is 20.4. The van der Waals surface area contributed by atoms with Gasteiger partial charge < -0.3 is 19.9 Å². The Hall–Kier alpha value is -3.09. The first-order valence-electron chi connectivity index (χ1n) is 11.0. The lowest BCUT2D eigenvalue weighted by Crippen LogP contribution is -2.36. The number of ether oxygens (including phenoxy) is 1. The van der Waals surface area contributed by atoms with Gasteiger partial charge in [0.1, 0.15) is 0 Å². The van der Waals surface area contributed by atoms with E-state index in [1.807, 2.05) is 18.2 Å². The van der Waals surface area contributed by atoms with Gasteiger partial charge in [-0.05, 0) is 42.3 Å². The summed E-state index contributed by atoms with van der Waals surface area (Å²) in [5.74, 6) is 0.0306. The number of anilines is 2. The van der Waals surface area contributed by atoms with E-state index in [1.54, 1.807) is 0 Å². The number of carbonyl (C=O) groups is 1. The number of carbonyl (C=O) groups excluding carboxylic acids is 1. The highest BCUT2D eigenvalue weighted by Gasteiger charge is 2.18. The van der Waals surface area contributed by atoms with E-state index in [-0.39, 0.29) is 5.91 Å². The number of nitrogens with zero attached hydrogens (tertiary/aromatic N) is 2. The van der Waals surface area contributed by atoms with E-state index in [4.69, 9.17) is 4.74 Å². The number of fused-ring (bicyclic) bond motifs is 1. The second-order valence-electron chi connectivity index (χ2n) is 8.16. The van der Waals surface area contributed by atoms with Crippen molar-refractivity contribution in [3.05, 3.63) is 66.4 Å². The van der Waals surface area contributed by atoms with Crippen molar-refractivity contribution in [2.45, 2.75) is 6.42 Å². The predicted molar refractivity (Wildman–Crippen MR) is 125 cm³/mol. The van der Waals surface area contributed by atoms with Crippen LogP contribution < -0.4 is 10.2 Å². The number of aromatic nitrogens is 1. The third kappa shape index (κ3) is 4.50. The molecule has 2 aromatic carbocycles. The molecule has 2 aliphatic heterocycles. The van der Waals surface area contributed by atoms with E-state index in [0.717, 1.165) is 51.5 Å². The minimum atomic E-state index is 0.0306. The summed E-state index contributed by atoms with van der Waals surface area (Å²) in [5.41, 5.74) is 5.81. The maximum Gasteiger partial charge on any atom is 0.238 e. The summed E-state index contributed by atoms with van der Waals surface area (Å²) < 4.78 is 5.41. The maximum absolute atomic E-state index is 12.5. The van der Waals surface area contributed by atoms with Gasteiger partial charge in [0, 0.05) is 60.2 Å². The number of hydrogen-bond acceptors (Lipinski definition) is 4. The number of benzene rings is 2. The Labute approximate surface area is 182 Å². The number of aromatic amines is 1. The number of nitrogens with one attached hydrogen (secondary N) is 2. The summed E-state index contributed by atoms with van der Waals surface area (Å²) in [7, 11) is 0. The zero-order chi connectivity index (χ0) is 21.0. The number of morpholine rings is 1. The van der Waals surface area contributed by atoms with Gasteiger partial charge in [0.05, 0.1) is 19.8 Å². The Morgan fingerprint density at radius 2 is 1.84 bits per heavy atom. The van der Waals surface area contributed by atoms with Crippen molar-refractivity contribution in [2.75, 3.05) is 56.2 Å². The van der Waals surface area contributed by atoms with Gasteiger partial charge in [-0.25, -0.2) is 0 Å². The Morgan fingerprint density at radius 1 is 1.03 bits per heavy atom. The molecule has 0 spiro atoms. The van der Waals surface area contributed by atoms with Gasteiger partial charge in [-0.3, -0.25) is 9.69 Å². The monoisotopic (exact) mass is 416 g/mol. The minimum absolute atomic E-state index is 0.0306. The fraction of sp³-hybridized carbons (Fsp3) is 0.320. The average Bonchev–Trinajstić information content (AvgIpc) is 3.25. The second-order valence-corrected chi connectivity index (χ2v) is 8.16. The highest BCUT2D eigenvalue weighted by Crippen LogP contribution is 2.29. The molecule has 0 saturated carbocycles. The molecule has 3 aromatic rings. The summed E-state index contributed by atoms with van der Waals surface area (Å²) in [6.07, 6.45) is 5.30. The quantitative estimate of drug-likeness (QED) is 0.665. The first-order valence-corrected chi connectivity index (χ1v) is 11.0. The summed E-state index contributed by atoms with van der Waals surface area (Å²) >= 11 is 0. The van der Waals surface area contributed by atoms with Crippen LogP contribution in [0.1, 0.15) is 12.0 Å². The fourth-order valence-electron chi connectivity index (χ4n) is 4.42. The Morgan fingerprint density at radius 3 is 2.61 bits per heavy atom. The van der Waals surface area contributed by atoms with E-state index in [2.05, 4.69) is 62.7 Å². The van der Waals surface area contributed by atoms with Crippen LogP contribution in [0.3, 0.4) is 0 Å². The molecule has 2 N–H and O–H groups in total. The molecule has 31 heavy (non-hydrogen) atoms. The zero-order valence-corrected chi connectivity index (χ0v) is 17.6. The highest BCUT2D eigenvalue weighted by atomic mass is 16.5. The second kappa shape index (κ2) is 8.96. The van der Waals surface area contributed by atoms with Crippen LogP contribution in [0.25, 0.3) is 16.5 Å². The van der Waals surface area contributed by atoms with Crippen molar-refractivity contribution < 1.29 is 9.53 Å². The molecule has 3 heterocycles. The van der Waals surface area contributed by atoms with Crippen LogP contribution >= 0.6 is 0 Å². The number of amides is 1. The largest absolute Gasteiger partial charge is 0.378 e. The smallest absolute Gasteiger partial charge is 0.238 e. The molecular formula is C25H28N4O2. The molecule has 2 aliphatic rings. The molecular weight excluding hydrogens is 388 g/mol. The molecule has 0 unspecified atom stereocenters. The lowest BCUT2D eigenvalue weighted by Gasteiger charge is -2.29. The van der Waals surface area contributed by atoms with E-state index in [0.29, 0.717) is 6.54 Å². The third-order valence-electron chi connectivity index (χ3n) is 6.12. The van der Waals surface area contributed by atoms with Crippen LogP contribution in [0.15, 0.2) is 60.8 Å². The molecule has 6 nitrogen and oxygen atoms in total. The maximum atomic E-state index is 12.5. The van der Waals surface area contributed by atoms with E-state index in [1.165, 1.54) is 27.7 Å². The van der Waals surface area contributed by atoms with Crippen LogP contribution in [0, 0.1) is 0 Å². The highest BCUT2D eigenvalue weighted by molar-refractivity contribution is 5.94. The Bertz CT molecular complexity index is 1080. The summed E-state index contributed by atoms with van der Waals surface area (Å²) in [6.45, 7) is 5.44. The molecule has 0 bridgehead atoms. The van der Waals surface area contributed by atoms with Crippen LogP contribution in [0.2, 0.25) is 0 Å². The molecule has 1 aromatic heterocycles. The third-order valence-corrected chi connectivity index (χ3v) is 6.12. The van der Waals surface area contributed by atoms with Crippen molar-refractivity contribution >= 4 is 33.8 Å². The summed E-state index contributed by atoms with van der Waals surface area (Å²) in [5, 5.41) is 4.30. The van der Waals surface area contributed by atoms with Gasteiger partial charge in [-0.2, -0.15) is 0 Å². The van der Waals surface area contributed by atoms with Gasteiger partial charge >= 0.3 is 0 Å². The normalized spacial score (nSPS) is 17.5.